The van der Waals surface area contributed by atoms with Gasteiger partial charge in [-0.05, 0) is 31.5 Å². The fourth-order valence-corrected chi connectivity index (χ4v) is 3.29. The van der Waals surface area contributed by atoms with Crippen molar-refractivity contribution in [3.63, 3.8) is 0 Å². The van der Waals surface area contributed by atoms with Crippen molar-refractivity contribution >= 4 is 34.5 Å². The number of amides is 1. The van der Waals surface area contributed by atoms with E-state index >= 15 is 0 Å². The Morgan fingerprint density at radius 1 is 0.939 bits per heavy atom. The zero-order valence-electron chi connectivity index (χ0n) is 18.4. The average Bonchev–Trinajstić information content (AvgIpc) is 2.83. The van der Waals surface area contributed by atoms with Crippen LogP contribution in [0.5, 0.6) is 0 Å². The summed E-state index contributed by atoms with van der Waals surface area (Å²) in [7, 11) is 1.74. The first-order valence-corrected chi connectivity index (χ1v) is 10.3. The number of fused-ring (bicyclic) bond motifs is 1. The lowest BCUT2D eigenvalue weighted by molar-refractivity contribution is -0.153. The number of nitrogens with one attached hydrogen (secondary N) is 2. The molecule has 0 atom stereocenters. The van der Waals surface area contributed by atoms with E-state index in [0.29, 0.717) is 17.3 Å². The zero-order valence-corrected chi connectivity index (χ0v) is 18.4. The van der Waals surface area contributed by atoms with Crippen LogP contribution in [0.4, 0.5) is 11.6 Å². The third-order valence-electron chi connectivity index (χ3n) is 5.02. The van der Waals surface area contributed by atoms with Gasteiger partial charge in [-0.25, -0.2) is 14.8 Å². The van der Waals surface area contributed by atoms with Crippen molar-refractivity contribution in [2.24, 2.45) is 0 Å². The van der Waals surface area contributed by atoms with E-state index in [1.54, 1.807) is 19.3 Å². The van der Waals surface area contributed by atoms with Crippen LogP contribution in [-0.2, 0) is 20.9 Å². The molecule has 0 fully saturated rings. The van der Waals surface area contributed by atoms with Crippen LogP contribution in [0.2, 0.25) is 0 Å². The number of hydrogen-bond donors (Lipinski definition) is 2. The van der Waals surface area contributed by atoms with E-state index in [2.05, 4.69) is 30.6 Å². The Kier molecular flexibility index (Phi) is 6.21. The van der Waals surface area contributed by atoms with Gasteiger partial charge in [-0.1, -0.05) is 30.3 Å². The third kappa shape index (κ3) is 4.93. The van der Waals surface area contributed by atoms with E-state index in [9.17, 15) is 9.59 Å². The molecule has 9 heteroatoms. The average molecular weight is 442 g/mol. The minimum Gasteiger partial charge on any atom is -0.454 e. The minimum absolute atomic E-state index is 0.0176. The summed E-state index contributed by atoms with van der Waals surface area (Å²) >= 11 is 0. The molecule has 4 rings (SSSR count). The lowest BCUT2D eigenvalue weighted by Gasteiger charge is -2.12. The molecule has 166 valence electrons. The number of pyridine rings is 2. The van der Waals surface area contributed by atoms with Gasteiger partial charge in [0.05, 0.1) is 11.9 Å². The van der Waals surface area contributed by atoms with Crippen LogP contribution in [0.3, 0.4) is 0 Å². The first-order chi connectivity index (χ1) is 15.9. The number of carbonyl (C=O) groups is 2. The van der Waals surface area contributed by atoms with Gasteiger partial charge in [-0.2, -0.15) is 4.98 Å². The number of carbonyl (C=O) groups excluding carboxylic acids is 2. The molecular formula is C24H22N6O3. The van der Waals surface area contributed by atoms with Gasteiger partial charge in [0, 0.05) is 41.1 Å². The Morgan fingerprint density at radius 2 is 1.70 bits per heavy atom. The monoisotopic (exact) mass is 442 g/mol. The van der Waals surface area contributed by atoms with Gasteiger partial charge < -0.3 is 15.4 Å². The molecule has 0 unspecified atom stereocenters. The normalized spacial score (nSPS) is 10.6. The lowest BCUT2D eigenvalue weighted by atomic mass is 10.0. The Bertz CT molecular complexity index is 1340. The number of aromatic nitrogens is 4. The van der Waals surface area contributed by atoms with Crippen LogP contribution in [0, 0.1) is 13.8 Å². The zero-order chi connectivity index (χ0) is 23.4. The number of hydrogen-bond acceptors (Lipinski definition) is 8. The molecule has 9 nitrogen and oxygen atoms in total. The first-order valence-electron chi connectivity index (χ1n) is 10.3. The number of aryl methyl sites for hydroxylation is 2. The summed E-state index contributed by atoms with van der Waals surface area (Å²) in [5.41, 5.74) is 4.84. The highest BCUT2D eigenvalue weighted by atomic mass is 16.5. The summed E-state index contributed by atoms with van der Waals surface area (Å²) in [4.78, 5) is 42.0. The highest BCUT2D eigenvalue weighted by Gasteiger charge is 2.18. The molecule has 0 aliphatic rings. The number of benzene rings is 1. The summed E-state index contributed by atoms with van der Waals surface area (Å²) in [5, 5.41) is 6.23. The Labute approximate surface area is 190 Å². The van der Waals surface area contributed by atoms with Crippen molar-refractivity contribution in [2.75, 3.05) is 17.7 Å². The molecule has 0 radical (unpaired) electrons. The van der Waals surface area contributed by atoms with Crippen LogP contribution >= 0.6 is 0 Å². The molecule has 1 aromatic carbocycles. The summed E-state index contributed by atoms with van der Waals surface area (Å²) in [6, 6.07) is 12.8. The van der Waals surface area contributed by atoms with Crippen molar-refractivity contribution < 1.29 is 14.3 Å². The van der Waals surface area contributed by atoms with E-state index in [0.717, 1.165) is 33.5 Å². The van der Waals surface area contributed by atoms with Crippen LogP contribution in [-0.4, -0.2) is 38.9 Å². The molecule has 0 saturated heterocycles. The molecule has 1 amide bonds. The highest BCUT2D eigenvalue weighted by Crippen LogP contribution is 2.29. The lowest BCUT2D eigenvalue weighted by Crippen LogP contribution is -2.25. The Morgan fingerprint density at radius 3 is 2.45 bits per heavy atom. The molecule has 3 heterocycles. The predicted molar refractivity (Wildman–Crippen MR) is 124 cm³/mol. The first kappa shape index (κ1) is 21.8. The number of anilines is 2. The fraction of sp³-hybridized carbons (Fsp3) is 0.167. The second-order valence-corrected chi connectivity index (χ2v) is 7.35. The Hall–Kier alpha value is -4.40. The number of esters is 1. The molecule has 0 aliphatic heterocycles. The standard InChI is InChI=1S/C24H22N6O3/c1-14-20(19-9-17-11-27-24(25-3)30-21(17)28-15(19)2)10-18(12-26-14)29-22(31)23(32)33-13-16-7-5-4-6-8-16/h4-12H,13H2,1-3H3,(H,29,31)(H,25,27,28,30). The van der Waals surface area contributed by atoms with Gasteiger partial charge in [0.25, 0.3) is 0 Å². The van der Waals surface area contributed by atoms with Crippen molar-refractivity contribution in [1.29, 1.82) is 0 Å². The van der Waals surface area contributed by atoms with Gasteiger partial charge in [-0.3, -0.25) is 9.78 Å². The number of rotatable bonds is 5. The summed E-state index contributed by atoms with van der Waals surface area (Å²) < 4.78 is 5.09. The highest BCUT2D eigenvalue weighted by molar-refractivity contribution is 6.37. The molecule has 0 bridgehead atoms. The summed E-state index contributed by atoms with van der Waals surface area (Å²) in [6.45, 7) is 3.75. The van der Waals surface area contributed by atoms with Crippen LogP contribution in [0.25, 0.3) is 22.2 Å². The van der Waals surface area contributed by atoms with Crippen molar-refractivity contribution in [1.82, 2.24) is 19.9 Å². The van der Waals surface area contributed by atoms with E-state index in [1.165, 1.54) is 6.20 Å². The molecule has 0 saturated carbocycles. The van der Waals surface area contributed by atoms with E-state index in [4.69, 9.17) is 4.74 Å². The smallest absolute Gasteiger partial charge is 0.397 e. The fourth-order valence-electron chi connectivity index (χ4n) is 3.29. The predicted octanol–water partition coefficient (Wildman–Crippen LogP) is 3.43. The molecule has 0 aliphatic carbocycles. The molecule has 33 heavy (non-hydrogen) atoms. The molecule has 2 N–H and O–H groups in total. The number of ether oxygens (including phenoxy) is 1. The third-order valence-corrected chi connectivity index (χ3v) is 5.02. The van der Waals surface area contributed by atoms with Gasteiger partial charge in [0.2, 0.25) is 5.95 Å². The van der Waals surface area contributed by atoms with Crippen molar-refractivity contribution in [3.8, 4) is 11.1 Å². The quantitative estimate of drug-likeness (QED) is 0.356. The SMILES string of the molecule is CNc1ncc2cc(-c3cc(NC(=O)C(=O)OCc4ccccc4)cnc3C)c(C)nc2n1. The topological polar surface area (TPSA) is 119 Å². The Balaban J connectivity index is 1.54. The number of nitrogens with zero attached hydrogens (tertiary/aromatic N) is 4. The molecule has 4 aromatic rings. The summed E-state index contributed by atoms with van der Waals surface area (Å²) in [6.07, 6.45) is 3.19. The molecule has 3 aromatic heterocycles. The van der Waals surface area contributed by atoms with E-state index in [-0.39, 0.29) is 6.61 Å². The molecular weight excluding hydrogens is 420 g/mol. The largest absolute Gasteiger partial charge is 0.454 e. The van der Waals surface area contributed by atoms with E-state index < -0.39 is 11.9 Å². The van der Waals surface area contributed by atoms with Gasteiger partial charge in [-0.15, -0.1) is 0 Å². The second kappa shape index (κ2) is 9.39. The van der Waals surface area contributed by atoms with Gasteiger partial charge in [0.15, 0.2) is 5.65 Å². The van der Waals surface area contributed by atoms with Crippen molar-refractivity contribution in [3.05, 3.63) is 71.8 Å². The van der Waals surface area contributed by atoms with Crippen LogP contribution < -0.4 is 10.6 Å². The maximum Gasteiger partial charge on any atom is 0.397 e. The maximum atomic E-state index is 12.3. The second-order valence-electron chi connectivity index (χ2n) is 7.35. The summed E-state index contributed by atoms with van der Waals surface area (Å²) in [5.74, 6) is -1.35. The molecule has 0 spiro atoms. The van der Waals surface area contributed by atoms with Gasteiger partial charge in [0.1, 0.15) is 6.61 Å². The maximum absolute atomic E-state index is 12.3. The minimum atomic E-state index is -0.970. The van der Waals surface area contributed by atoms with E-state index in [1.807, 2.05) is 50.2 Å². The van der Waals surface area contributed by atoms with Crippen LogP contribution in [0.15, 0.2) is 54.9 Å². The van der Waals surface area contributed by atoms with Crippen LogP contribution in [0.1, 0.15) is 17.0 Å². The van der Waals surface area contributed by atoms with Gasteiger partial charge >= 0.3 is 11.9 Å². The van der Waals surface area contributed by atoms with Crippen molar-refractivity contribution in [2.45, 2.75) is 20.5 Å².